The number of likely N-dealkylation sites (tertiary alicyclic amines) is 1. The van der Waals surface area contributed by atoms with Crippen molar-refractivity contribution >= 4 is 23.0 Å². The number of hydrogen-bond acceptors (Lipinski definition) is 6. The van der Waals surface area contributed by atoms with Crippen LogP contribution in [0.2, 0.25) is 0 Å². The van der Waals surface area contributed by atoms with Gasteiger partial charge in [0.05, 0.1) is 6.54 Å². The van der Waals surface area contributed by atoms with Gasteiger partial charge in [-0.2, -0.15) is 4.98 Å². The molecule has 2 aliphatic heterocycles. The van der Waals surface area contributed by atoms with Crippen molar-refractivity contribution in [2.75, 3.05) is 31.1 Å². The van der Waals surface area contributed by atoms with E-state index in [0.29, 0.717) is 49.6 Å². The maximum absolute atomic E-state index is 13.3. The molecule has 2 fully saturated rings. The van der Waals surface area contributed by atoms with Crippen molar-refractivity contribution in [3.63, 3.8) is 0 Å². The third kappa shape index (κ3) is 3.93. The van der Waals surface area contributed by atoms with E-state index < -0.39 is 11.2 Å². The first-order chi connectivity index (χ1) is 17.2. The summed E-state index contributed by atoms with van der Waals surface area (Å²) in [6, 6.07) is 8.18. The molecule has 2 N–H and O–H groups in total. The molecule has 4 heterocycles. The van der Waals surface area contributed by atoms with Gasteiger partial charge < -0.3 is 10.6 Å². The average molecular weight is 494 g/mol. The molecule has 10 nitrogen and oxygen atoms in total. The summed E-state index contributed by atoms with van der Waals surface area (Å²) in [5.74, 6) is 0.383. The number of primary amides is 1. The summed E-state index contributed by atoms with van der Waals surface area (Å²) in [5, 5.41) is 0. The van der Waals surface area contributed by atoms with E-state index in [2.05, 4.69) is 9.80 Å². The first kappa shape index (κ1) is 24.3. The van der Waals surface area contributed by atoms with E-state index >= 15 is 0 Å². The van der Waals surface area contributed by atoms with E-state index in [1.165, 1.54) is 18.0 Å². The Labute approximate surface area is 209 Å². The van der Waals surface area contributed by atoms with Crippen LogP contribution in [0, 0.1) is 6.92 Å². The smallest absolute Gasteiger partial charge is 0.332 e. The number of amides is 1. The molecule has 1 amide bonds. The lowest BCUT2D eigenvalue weighted by Crippen LogP contribution is -2.63. The van der Waals surface area contributed by atoms with Crippen molar-refractivity contribution in [1.82, 2.24) is 23.6 Å². The van der Waals surface area contributed by atoms with Gasteiger partial charge in [-0.05, 0) is 51.3 Å². The molecule has 36 heavy (non-hydrogen) atoms. The molecular formula is C26H35N7O3. The second kappa shape index (κ2) is 9.24. The summed E-state index contributed by atoms with van der Waals surface area (Å²) in [6.45, 7) is 5.45. The maximum Gasteiger partial charge on any atom is 0.332 e. The number of imidazole rings is 1. The van der Waals surface area contributed by atoms with E-state index in [9.17, 15) is 14.4 Å². The van der Waals surface area contributed by atoms with Crippen molar-refractivity contribution in [1.29, 1.82) is 0 Å². The number of hydrogen-bond donors (Lipinski definition) is 1. The number of rotatable bonds is 5. The first-order valence-corrected chi connectivity index (χ1v) is 12.7. The highest BCUT2D eigenvalue weighted by Gasteiger charge is 2.45. The predicted octanol–water partition coefficient (Wildman–Crippen LogP) is 1.10. The summed E-state index contributed by atoms with van der Waals surface area (Å²) in [5.41, 5.74) is 7.54. The standard InChI is InChI=1S/C26H35N7O3/c1-18-7-9-19(10-8-18)17-33-20-21(29(2)25(36)30(3)22(20)34)28-24(33)31-15-11-26(12-16-31,23(27)35)32-13-5-4-6-14-32/h7-10H,4-6,11-17H2,1-3H3,(H2,27,35). The summed E-state index contributed by atoms with van der Waals surface area (Å²) in [4.78, 5) is 47.9. The fraction of sp³-hybridized carbons (Fsp3) is 0.538. The van der Waals surface area contributed by atoms with E-state index in [1.807, 2.05) is 35.8 Å². The fourth-order valence-corrected chi connectivity index (χ4v) is 5.82. The Morgan fingerprint density at radius 3 is 2.22 bits per heavy atom. The van der Waals surface area contributed by atoms with Crippen LogP contribution in [0.1, 0.15) is 43.2 Å². The fourth-order valence-electron chi connectivity index (χ4n) is 5.82. The number of nitrogens with zero attached hydrogens (tertiary/aromatic N) is 6. The normalized spacial score (nSPS) is 18.6. The SMILES string of the molecule is Cc1ccc(Cn2c(N3CCC(C(N)=O)(N4CCCCC4)CC3)nc3c2c(=O)n(C)c(=O)n3C)cc1. The Bertz CT molecular complexity index is 1400. The first-order valence-electron chi connectivity index (χ1n) is 12.7. The lowest BCUT2D eigenvalue weighted by atomic mass is 9.83. The predicted molar refractivity (Wildman–Crippen MR) is 139 cm³/mol. The molecule has 1 aromatic carbocycles. The van der Waals surface area contributed by atoms with Gasteiger partial charge in [0.2, 0.25) is 11.9 Å². The number of aryl methyl sites for hydroxylation is 2. The Balaban J connectivity index is 1.56. The minimum Gasteiger partial charge on any atom is -0.368 e. The topological polar surface area (TPSA) is 111 Å². The van der Waals surface area contributed by atoms with Gasteiger partial charge in [-0.15, -0.1) is 0 Å². The highest BCUT2D eigenvalue weighted by atomic mass is 16.2. The zero-order valence-corrected chi connectivity index (χ0v) is 21.4. The zero-order valence-electron chi connectivity index (χ0n) is 21.4. The number of fused-ring (bicyclic) bond motifs is 1. The van der Waals surface area contributed by atoms with E-state index in [-0.39, 0.29) is 11.5 Å². The van der Waals surface area contributed by atoms with Gasteiger partial charge in [0.1, 0.15) is 5.54 Å². The number of nitrogens with two attached hydrogens (primary N) is 1. The van der Waals surface area contributed by atoms with Gasteiger partial charge in [-0.25, -0.2) is 4.79 Å². The van der Waals surface area contributed by atoms with Crippen molar-refractivity contribution in [3.8, 4) is 0 Å². The third-order valence-electron chi connectivity index (χ3n) is 8.08. The van der Waals surface area contributed by atoms with Crippen LogP contribution < -0.4 is 21.9 Å². The maximum atomic E-state index is 13.3. The minimum absolute atomic E-state index is 0.256. The largest absolute Gasteiger partial charge is 0.368 e. The van der Waals surface area contributed by atoms with Gasteiger partial charge >= 0.3 is 5.69 Å². The Morgan fingerprint density at radius 1 is 0.972 bits per heavy atom. The molecule has 2 aromatic heterocycles. The molecule has 0 bridgehead atoms. The van der Waals surface area contributed by atoms with Gasteiger partial charge in [0.15, 0.2) is 11.2 Å². The Hall–Kier alpha value is -3.40. The Kier molecular flexibility index (Phi) is 6.23. The van der Waals surface area contributed by atoms with Crippen LogP contribution in [0.15, 0.2) is 33.9 Å². The summed E-state index contributed by atoms with van der Waals surface area (Å²) in [7, 11) is 3.13. The quantitative estimate of drug-likeness (QED) is 0.570. The summed E-state index contributed by atoms with van der Waals surface area (Å²) in [6.07, 6.45) is 4.57. The van der Waals surface area contributed by atoms with Crippen molar-refractivity contribution in [2.45, 2.75) is 51.1 Å². The highest BCUT2D eigenvalue weighted by molar-refractivity contribution is 5.85. The number of carbonyl (C=O) groups is 1. The van der Waals surface area contributed by atoms with E-state index in [1.54, 1.807) is 7.05 Å². The van der Waals surface area contributed by atoms with E-state index in [0.717, 1.165) is 41.6 Å². The van der Waals surface area contributed by atoms with Crippen LogP contribution >= 0.6 is 0 Å². The van der Waals surface area contributed by atoms with Crippen molar-refractivity contribution in [3.05, 3.63) is 56.2 Å². The summed E-state index contributed by atoms with van der Waals surface area (Å²) < 4.78 is 4.47. The van der Waals surface area contributed by atoms with Crippen molar-refractivity contribution in [2.24, 2.45) is 19.8 Å². The second-order valence-electron chi connectivity index (χ2n) is 10.3. The van der Waals surface area contributed by atoms with Gasteiger partial charge in [0, 0.05) is 27.2 Å². The molecule has 192 valence electrons. The van der Waals surface area contributed by atoms with Gasteiger partial charge in [-0.3, -0.25) is 28.2 Å². The van der Waals surface area contributed by atoms with Crippen LogP contribution in [0.5, 0.6) is 0 Å². The molecule has 3 aromatic rings. The van der Waals surface area contributed by atoms with Gasteiger partial charge in [-0.1, -0.05) is 36.2 Å². The zero-order chi connectivity index (χ0) is 25.6. The molecule has 0 radical (unpaired) electrons. The average Bonchev–Trinajstić information content (AvgIpc) is 3.27. The Morgan fingerprint density at radius 2 is 1.61 bits per heavy atom. The molecule has 10 heteroatoms. The lowest BCUT2D eigenvalue weighted by molar-refractivity contribution is -0.132. The monoisotopic (exact) mass is 493 g/mol. The van der Waals surface area contributed by atoms with Gasteiger partial charge in [0.25, 0.3) is 5.56 Å². The number of aromatic nitrogens is 4. The number of carbonyl (C=O) groups excluding carboxylic acids is 1. The summed E-state index contributed by atoms with van der Waals surface area (Å²) >= 11 is 0. The highest BCUT2D eigenvalue weighted by Crippen LogP contribution is 2.34. The van der Waals surface area contributed by atoms with Crippen LogP contribution in [0.4, 0.5) is 5.95 Å². The molecule has 0 unspecified atom stereocenters. The molecule has 0 saturated carbocycles. The molecule has 0 aliphatic carbocycles. The molecule has 2 saturated heterocycles. The minimum atomic E-state index is -0.645. The number of piperidine rings is 2. The molecule has 0 atom stereocenters. The lowest BCUT2D eigenvalue weighted by Gasteiger charge is -2.48. The molecule has 2 aliphatic rings. The van der Waals surface area contributed by atoms with Crippen LogP contribution in [0.3, 0.4) is 0 Å². The van der Waals surface area contributed by atoms with Crippen LogP contribution in [-0.4, -0.2) is 61.2 Å². The van der Waals surface area contributed by atoms with Crippen molar-refractivity contribution < 1.29 is 4.79 Å². The van der Waals surface area contributed by atoms with Crippen LogP contribution in [0.25, 0.3) is 11.2 Å². The number of benzene rings is 1. The molecule has 5 rings (SSSR count). The second-order valence-corrected chi connectivity index (χ2v) is 10.3. The van der Waals surface area contributed by atoms with E-state index in [4.69, 9.17) is 10.7 Å². The molecular weight excluding hydrogens is 458 g/mol. The van der Waals surface area contributed by atoms with Crippen LogP contribution in [-0.2, 0) is 25.4 Å². The third-order valence-corrected chi connectivity index (χ3v) is 8.08. The molecule has 0 spiro atoms. The number of anilines is 1.